The van der Waals surface area contributed by atoms with Gasteiger partial charge >= 0.3 is 0 Å². The normalized spacial score (nSPS) is 14.4. The van der Waals surface area contributed by atoms with Crippen LogP contribution < -0.4 is 15.0 Å². The van der Waals surface area contributed by atoms with Gasteiger partial charge in [0.15, 0.2) is 6.61 Å². The maximum atomic E-state index is 12.1. The predicted octanol–water partition coefficient (Wildman–Crippen LogP) is 2.87. The van der Waals surface area contributed by atoms with Crippen LogP contribution in [0.5, 0.6) is 5.75 Å². The zero-order valence-electron chi connectivity index (χ0n) is 14.6. The second-order valence-corrected chi connectivity index (χ2v) is 7.39. The Bertz CT molecular complexity index is 761. The van der Waals surface area contributed by atoms with Crippen LogP contribution >= 0.6 is 23.2 Å². The SMILES string of the molecule is O=C(COc1ccc(Cl)cc1Cl)NCc1ccccc1C[NH+]1CCCC1. The van der Waals surface area contributed by atoms with E-state index in [4.69, 9.17) is 27.9 Å². The molecule has 0 unspecified atom stereocenters. The van der Waals surface area contributed by atoms with Crippen LogP contribution in [0, 0.1) is 0 Å². The van der Waals surface area contributed by atoms with Crippen molar-refractivity contribution in [2.75, 3.05) is 19.7 Å². The zero-order valence-corrected chi connectivity index (χ0v) is 16.1. The lowest BCUT2D eigenvalue weighted by atomic mass is 10.1. The van der Waals surface area contributed by atoms with E-state index in [0.717, 1.165) is 12.1 Å². The number of hydrogen-bond acceptors (Lipinski definition) is 2. The first-order valence-electron chi connectivity index (χ1n) is 8.87. The molecule has 0 spiro atoms. The number of carbonyl (C=O) groups is 1. The monoisotopic (exact) mass is 393 g/mol. The summed E-state index contributed by atoms with van der Waals surface area (Å²) in [5.74, 6) is 0.267. The van der Waals surface area contributed by atoms with Gasteiger partial charge in [0.05, 0.1) is 18.1 Å². The van der Waals surface area contributed by atoms with Gasteiger partial charge in [-0.25, -0.2) is 0 Å². The molecule has 4 nitrogen and oxygen atoms in total. The minimum absolute atomic E-state index is 0.0824. The second-order valence-electron chi connectivity index (χ2n) is 6.54. The molecule has 1 fully saturated rings. The van der Waals surface area contributed by atoms with Crippen LogP contribution in [-0.2, 0) is 17.9 Å². The number of likely N-dealkylation sites (tertiary alicyclic amines) is 1. The van der Waals surface area contributed by atoms with Crippen LogP contribution in [0.25, 0.3) is 0 Å². The highest BCUT2D eigenvalue weighted by Gasteiger charge is 2.17. The molecule has 0 aromatic heterocycles. The average Bonchev–Trinajstić information content (AvgIpc) is 3.13. The van der Waals surface area contributed by atoms with Crippen LogP contribution in [0.3, 0.4) is 0 Å². The molecule has 0 atom stereocenters. The van der Waals surface area contributed by atoms with Crippen molar-refractivity contribution in [3.05, 3.63) is 63.6 Å². The summed E-state index contributed by atoms with van der Waals surface area (Å²) in [6.45, 7) is 3.90. The fourth-order valence-electron chi connectivity index (χ4n) is 3.20. The molecule has 0 saturated carbocycles. The topological polar surface area (TPSA) is 42.8 Å². The summed E-state index contributed by atoms with van der Waals surface area (Å²) in [6.07, 6.45) is 2.61. The van der Waals surface area contributed by atoms with Crippen molar-refractivity contribution in [3.63, 3.8) is 0 Å². The third kappa shape index (κ3) is 5.37. The molecule has 0 bridgehead atoms. The molecular weight excluding hydrogens is 371 g/mol. The molecule has 1 amide bonds. The molecule has 1 saturated heterocycles. The molecule has 6 heteroatoms. The van der Waals surface area contributed by atoms with Gasteiger partial charge in [-0.05, 0) is 23.8 Å². The third-order valence-electron chi connectivity index (χ3n) is 4.60. The number of amides is 1. The van der Waals surface area contributed by atoms with Crippen molar-refractivity contribution in [1.82, 2.24) is 5.32 Å². The number of ether oxygens (including phenoxy) is 1. The van der Waals surface area contributed by atoms with Gasteiger partial charge in [-0.15, -0.1) is 0 Å². The Morgan fingerprint density at radius 2 is 1.81 bits per heavy atom. The quantitative estimate of drug-likeness (QED) is 0.759. The Hall–Kier alpha value is -1.75. The lowest BCUT2D eigenvalue weighted by Gasteiger charge is -2.15. The maximum Gasteiger partial charge on any atom is 0.258 e. The molecule has 138 valence electrons. The zero-order chi connectivity index (χ0) is 18.4. The van der Waals surface area contributed by atoms with E-state index in [1.807, 2.05) is 6.07 Å². The molecule has 2 aromatic rings. The molecule has 1 aliphatic heterocycles. The van der Waals surface area contributed by atoms with Crippen LogP contribution in [0.1, 0.15) is 24.0 Å². The Labute approximate surface area is 164 Å². The predicted molar refractivity (Wildman–Crippen MR) is 104 cm³/mol. The third-order valence-corrected chi connectivity index (χ3v) is 5.13. The highest BCUT2D eigenvalue weighted by Crippen LogP contribution is 2.27. The number of rotatable bonds is 7. The number of nitrogens with one attached hydrogen (secondary N) is 2. The number of hydrogen-bond donors (Lipinski definition) is 2. The second kappa shape index (κ2) is 9.26. The first-order valence-corrected chi connectivity index (χ1v) is 9.62. The molecule has 2 N–H and O–H groups in total. The first-order chi connectivity index (χ1) is 12.6. The molecule has 1 aliphatic rings. The molecule has 2 aromatic carbocycles. The Balaban J connectivity index is 1.51. The van der Waals surface area contributed by atoms with E-state index in [1.54, 1.807) is 23.1 Å². The Morgan fingerprint density at radius 3 is 2.54 bits per heavy atom. The minimum atomic E-state index is -0.181. The van der Waals surface area contributed by atoms with E-state index >= 15 is 0 Å². The van der Waals surface area contributed by atoms with Crippen molar-refractivity contribution in [3.8, 4) is 5.75 Å². The molecule has 1 heterocycles. The maximum absolute atomic E-state index is 12.1. The van der Waals surface area contributed by atoms with E-state index in [-0.39, 0.29) is 12.5 Å². The van der Waals surface area contributed by atoms with E-state index in [0.29, 0.717) is 22.3 Å². The largest absolute Gasteiger partial charge is 0.482 e. The minimum Gasteiger partial charge on any atom is -0.482 e. The summed E-state index contributed by atoms with van der Waals surface area (Å²) in [5, 5.41) is 3.85. The molecule has 26 heavy (non-hydrogen) atoms. The van der Waals surface area contributed by atoms with Gasteiger partial charge in [0.1, 0.15) is 12.3 Å². The fourth-order valence-corrected chi connectivity index (χ4v) is 3.67. The summed E-state index contributed by atoms with van der Waals surface area (Å²) in [7, 11) is 0. The highest BCUT2D eigenvalue weighted by atomic mass is 35.5. The first kappa shape index (κ1) is 19.0. The summed E-state index contributed by atoms with van der Waals surface area (Å²) in [4.78, 5) is 13.7. The highest BCUT2D eigenvalue weighted by molar-refractivity contribution is 6.35. The van der Waals surface area contributed by atoms with Crippen LogP contribution in [0.15, 0.2) is 42.5 Å². The standard InChI is InChI=1S/C20H22Cl2N2O2/c21-17-7-8-19(18(22)11-17)26-14-20(25)23-12-15-5-1-2-6-16(15)13-24-9-3-4-10-24/h1-2,5-8,11H,3-4,9-10,12-14H2,(H,23,25)/p+1. The van der Waals surface area contributed by atoms with Crippen molar-refractivity contribution < 1.29 is 14.4 Å². The van der Waals surface area contributed by atoms with E-state index in [2.05, 4.69) is 23.5 Å². The van der Waals surface area contributed by atoms with Crippen molar-refractivity contribution in [2.45, 2.75) is 25.9 Å². The lowest BCUT2D eigenvalue weighted by Crippen LogP contribution is -3.08. The molecule has 3 rings (SSSR count). The summed E-state index contributed by atoms with van der Waals surface area (Å²) < 4.78 is 5.47. The van der Waals surface area contributed by atoms with E-state index < -0.39 is 0 Å². The summed E-state index contributed by atoms with van der Waals surface area (Å²) in [6, 6.07) is 13.2. The van der Waals surface area contributed by atoms with E-state index in [1.165, 1.54) is 31.5 Å². The Morgan fingerprint density at radius 1 is 1.08 bits per heavy atom. The van der Waals surface area contributed by atoms with Gasteiger partial charge < -0.3 is 15.0 Å². The number of halogens is 2. The molecule has 0 aliphatic carbocycles. The van der Waals surface area contributed by atoms with Gasteiger partial charge in [0.25, 0.3) is 5.91 Å². The smallest absolute Gasteiger partial charge is 0.258 e. The number of carbonyl (C=O) groups excluding carboxylic acids is 1. The van der Waals surface area contributed by atoms with E-state index in [9.17, 15) is 4.79 Å². The van der Waals surface area contributed by atoms with Gasteiger partial charge in [-0.2, -0.15) is 0 Å². The van der Waals surface area contributed by atoms with Gasteiger partial charge in [0, 0.05) is 30.0 Å². The summed E-state index contributed by atoms with van der Waals surface area (Å²) >= 11 is 11.9. The fraction of sp³-hybridized carbons (Fsp3) is 0.350. The molecule has 0 radical (unpaired) electrons. The van der Waals surface area contributed by atoms with Crippen molar-refractivity contribution >= 4 is 29.1 Å². The van der Waals surface area contributed by atoms with Crippen molar-refractivity contribution in [2.24, 2.45) is 0 Å². The van der Waals surface area contributed by atoms with Crippen LogP contribution in [0.4, 0.5) is 0 Å². The van der Waals surface area contributed by atoms with Crippen LogP contribution in [0.2, 0.25) is 10.0 Å². The van der Waals surface area contributed by atoms with Gasteiger partial charge in [0.2, 0.25) is 0 Å². The van der Waals surface area contributed by atoms with Gasteiger partial charge in [-0.3, -0.25) is 4.79 Å². The molecular formula is C20H23Cl2N2O2+. The average molecular weight is 394 g/mol. The summed E-state index contributed by atoms with van der Waals surface area (Å²) in [5.41, 5.74) is 2.45. The lowest BCUT2D eigenvalue weighted by molar-refractivity contribution is -0.901. The number of benzene rings is 2. The Kier molecular flexibility index (Phi) is 6.78. The van der Waals surface area contributed by atoms with Crippen molar-refractivity contribution in [1.29, 1.82) is 0 Å². The number of quaternary nitrogens is 1. The van der Waals surface area contributed by atoms with Gasteiger partial charge in [-0.1, -0.05) is 47.5 Å². The van der Waals surface area contributed by atoms with Crippen LogP contribution in [-0.4, -0.2) is 25.6 Å².